The second kappa shape index (κ2) is 8.71. The van der Waals surface area contributed by atoms with E-state index in [0.717, 1.165) is 0 Å². The number of rotatable bonds is 7. The van der Waals surface area contributed by atoms with Crippen LogP contribution in [0.4, 0.5) is 5.69 Å². The van der Waals surface area contributed by atoms with Gasteiger partial charge in [0.25, 0.3) is 0 Å². The first-order chi connectivity index (χ1) is 11.2. The van der Waals surface area contributed by atoms with E-state index in [9.17, 15) is 13.2 Å². The molecule has 0 saturated carbocycles. The molecule has 0 fully saturated rings. The Morgan fingerprint density at radius 1 is 1.21 bits per heavy atom. The summed E-state index contributed by atoms with van der Waals surface area (Å²) in [6.45, 7) is 7.05. The number of hydrazine groups is 1. The molecule has 0 saturated heterocycles. The summed E-state index contributed by atoms with van der Waals surface area (Å²) in [6, 6.07) is 6.41. The number of anilines is 1. The summed E-state index contributed by atoms with van der Waals surface area (Å²) in [4.78, 5) is 11.9. The normalized spacial score (nSPS) is 11.3. The van der Waals surface area contributed by atoms with Gasteiger partial charge in [0.05, 0.1) is 5.69 Å². The molecule has 0 aromatic heterocycles. The topological polar surface area (TPSA) is 87.3 Å². The van der Waals surface area contributed by atoms with Crippen LogP contribution in [-0.4, -0.2) is 19.9 Å². The van der Waals surface area contributed by atoms with E-state index in [1.54, 1.807) is 45.9 Å². The van der Waals surface area contributed by atoms with Crippen molar-refractivity contribution in [2.45, 2.75) is 57.4 Å². The first-order valence-electron chi connectivity index (χ1n) is 7.73. The maximum Gasteiger partial charge on any atom is 0.243 e. The predicted molar refractivity (Wildman–Crippen MR) is 95.6 cm³/mol. The van der Waals surface area contributed by atoms with Crippen molar-refractivity contribution in [2.24, 2.45) is 0 Å². The third kappa shape index (κ3) is 7.02. The van der Waals surface area contributed by atoms with Crippen LogP contribution in [-0.2, 0) is 14.8 Å². The van der Waals surface area contributed by atoms with Gasteiger partial charge in [0.1, 0.15) is 4.90 Å². The highest BCUT2D eigenvalue weighted by Crippen LogP contribution is 2.21. The average molecular weight is 351 g/mol. The van der Waals surface area contributed by atoms with Gasteiger partial charge in [-0.05, 0) is 46.2 Å². The number of carbonyl (C=O) groups excluding carboxylic acids is 1. The Labute approximate surface area is 144 Å². The van der Waals surface area contributed by atoms with Crippen LogP contribution < -0.4 is 15.6 Å². The number of hydrogen-bond donors (Lipinski definition) is 3. The molecular weight excluding hydrogens is 326 g/mol. The predicted octanol–water partition coefficient (Wildman–Crippen LogP) is 2.40. The van der Waals surface area contributed by atoms with Gasteiger partial charge in [0.15, 0.2) is 0 Å². The van der Waals surface area contributed by atoms with Gasteiger partial charge in [-0.15, -0.1) is 11.8 Å². The van der Waals surface area contributed by atoms with Crippen LogP contribution in [0.15, 0.2) is 29.2 Å². The van der Waals surface area contributed by atoms with E-state index in [1.165, 1.54) is 6.07 Å². The van der Waals surface area contributed by atoms with Gasteiger partial charge in [0.2, 0.25) is 15.9 Å². The zero-order valence-corrected chi connectivity index (χ0v) is 15.4. The molecule has 1 aromatic rings. The van der Waals surface area contributed by atoms with Gasteiger partial charge in [-0.1, -0.05) is 12.1 Å². The van der Waals surface area contributed by atoms with E-state index in [4.69, 9.17) is 0 Å². The molecule has 7 heteroatoms. The van der Waals surface area contributed by atoms with Crippen molar-refractivity contribution in [1.29, 1.82) is 0 Å². The summed E-state index contributed by atoms with van der Waals surface area (Å²) in [5.74, 6) is 5.44. The molecule has 3 N–H and O–H groups in total. The van der Waals surface area contributed by atoms with Crippen LogP contribution in [0.25, 0.3) is 0 Å². The molecule has 24 heavy (non-hydrogen) atoms. The second-order valence-electron chi connectivity index (χ2n) is 6.31. The molecule has 6 nitrogen and oxygen atoms in total. The Morgan fingerprint density at radius 2 is 1.88 bits per heavy atom. The Morgan fingerprint density at radius 3 is 2.50 bits per heavy atom. The SMILES string of the molecule is CC#CCCCC(=O)NNc1ccccc1S(=O)(=O)NC(C)(C)C. The summed E-state index contributed by atoms with van der Waals surface area (Å²) in [7, 11) is -3.70. The van der Waals surface area contributed by atoms with E-state index in [0.29, 0.717) is 24.9 Å². The summed E-state index contributed by atoms with van der Waals surface area (Å²) >= 11 is 0. The third-order valence-corrected chi connectivity index (χ3v) is 4.65. The summed E-state index contributed by atoms with van der Waals surface area (Å²) < 4.78 is 27.5. The van der Waals surface area contributed by atoms with Crippen LogP contribution in [0, 0.1) is 11.8 Å². The van der Waals surface area contributed by atoms with E-state index in [2.05, 4.69) is 27.4 Å². The van der Waals surface area contributed by atoms with Crippen molar-refractivity contribution < 1.29 is 13.2 Å². The number of sulfonamides is 1. The van der Waals surface area contributed by atoms with E-state index in [1.807, 2.05) is 0 Å². The van der Waals surface area contributed by atoms with Gasteiger partial charge in [-0.2, -0.15) is 0 Å². The van der Waals surface area contributed by atoms with Gasteiger partial charge in [-0.3, -0.25) is 15.6 Å². The largest absolute Gasteiger partial charge is 0.297 e. The molecule has 0 aliphatic heterocycles. The molecule has 0 atom stereocenters. The maximum absolute atomic E-state index is 12.5. The lowest BCUT2D eigenvalue weighted by Crippen LogP contribution is -2.41. The minimum atomic E-state index is -3.70. The van der Waals surface area contributed by atoms with E-state index < -0.39 is 15.6 Å². The zero-order chi connectivity index (χ0) is 18.2. The van der Waals surface area contributed by atoms with Crippen molar-refractivity contribution in [3.05, 3.63) is 24.3 Å². The highest BCUT2D eigenvalue weighted by atomic mass is 32.2. The highest BCUT2D eigenvalue weighted by molar-refractivity contribution is 7.89. The van der Waals surface area contributed by atoms with Crippen LogP contribution in [0.1, 0.15) is 47.0 Å². The lowest BCUT2D eigenvalue weighted by Gasteiger charge is -2.21. The quantitative estimate of drug-likeness (QED) is 0.400. The lowest BCUT2D eigenvalue weighted by atomic mass is 10.1. The molecule has 0 aliphatic rings. The van der Waals surface area contributed by atoms with Crippen molar-refractivity contribution in [3.8, 4) is 11.8 Å². The maximum atomic E-state index is 12.5. The molecule has 0 unspecified atom stereocenters. The molecule has 0 spiro atoms. The van der Waals surface area contributed by atoms with Crippen LogP contribution in [0.2, 0.25) is 0 Å². The number of para-hydroxylation sites is 1. The van der Waals surface area contributed by atoms with Crippen molar-refractivity contribution in [2.75, 3.05) is 5.43 Å². The molecule has 0 aliphatic carbocycles. The average Bonchev–Trinajstić information content (AvgIpc) is 2.47. The van der Waals surface area contributed by atoms with E-state index in [-0.39, 0.29) is 10.8 Å². The van der Waals surface area contributed by atoms with Crippen molar-refractivity contribution in [1.82, 2.24) is 10.1 Å². The lowest BCUT2D eigenvalue weighted by molar-refractivity contribution is -0.120. The van der Waals surface area contributed by atoms with Gasteiger partial charge in [0, 0.05) is 18.4 Å². The fourth-order valence-electron chi connectivity index (χ4n) is 1.92. The monoisotopic (exact) mass is 351 g/mol. The van der Waals surface area contributed by atoms with Crippen LogP contribution in [0.3, 0.4) is 0 Å². The van der Waals surface area contributed by atoms with Crippen LogP contribution >= 0.6 is 0 Å². The Hall–Kier alpha value is -2.04. The number of nitrogens with one attached hydrogen (secondary N) is 3. The fourth-order valence-corrected chi connectivity index (χ4v) is 3.51. The summed E-state index contributed by atoms with van der Waals surface area (Å²) in [6.07, 6.45) is 1.63. The number of amides is 1. The molecule has 1 aromatic carbocycles. The first kappa shape index (κ1) is 20.0. The van der Waals surface area contributed by atoms with E-state index >= 15 is 0 Å². The number of carbonyl (C=O) groups is 1. The fraction of sp³-hybridized carbons (Fsp3) is 0.471. The van der Waals surface area contributed by atoms with Gasteiger partial charge < -0.3 is 0 Å². The van der Waals surface area contributed by atoms with Gasteiger partial charge in [-0.25, -0.2) is 13.1 Å². The third-order valence-electron chi connectivity index (χ3n) is 2.84. The summed E-state index contributed by atoms with van der Waals surface area (Å²) in [5, 5.41) is 0. The molecule has 0 heterocycles. The smallest absolute Gasteiger partial charge is 0.243 e. The van der Waals surface area contributed by atoms with Crippen LogP contribution in [0.5, 0.6) is 0 Å². The van der Waals surface area contributed by atoms with Crippen molar-refractivity contribution in [3.63, 3.8) is 0 Å². The summed E-state index contributed by atoms with van der Waals surface area (Å²) in [5.41, 5.74) is 4.93. The molecule has 132 valence electrons. The molecule has 1 rings (SSSR count). The first-order valence-corrected chi connectivity index (χ1v) is 9.21. The Bertz CT molecular complexity index is 725. The second-order valence-corrected chi connectivity index (χ2v) is 7.96. The minimum absolute atomic E-state index is 0.0806. The number of benzene rings is 1. The zero-order valence-electron chi connectivity index (χ0n) is 14.6. The molecule has 1 amide bonds. The standard InChI is InChI=1S/C17H25N3O3S/c1-5-6-7-8-13-16(21)19-18-14-11-9-10-12-15(14)24(22,23)20-17(2,3)4/h9-12,18,20H,7-8,13H2,1-4H3,(H,19,21). The van der Waals surface area contributed by atoms with Gasteiger partial charge >= 0.3 is 0 Å². The molecule has 0 bridgehead atoms. The molecule has 0 radical (unpaired) electrons. The Balaban J connectivity index is 2.76. The Kier molecular flexibility index (Phi) is 7.26. The highest BCUT2D eigenvalue weighted by Gasteiger charge is 2.24. The minimum Gasteiger partial charge on any atom is -0.297 e. The number of hydrogen-bond acceptors (Lipinski definition) is 4. The number of unbranched alkanes of at least 4 members (excludes halogenated alkanes) is 1. The molecular formula is C17H25N3O3S. The van der Waals surface area contributed by atoms with Crippen molar-refractivity contribution >= 4 is 21.6 Å².